The third-order valence-corrected chi connectivity index (χ3v) is 4.61. The van der Waals surface area contributed by atoms with Crippen LogP contribution in [0.2, 0.25) is 0 Å². The first-order valence-electron chi connectivity index (χ1n) is 8.92. The molecule has 1 aliphatic heterocycles. The van der Waals surface area contributed by atoms with Gasteiger partial charge in [-0.2, -0.15) is 5.10 Å². The summed E-state index contributed by atoms with van der Waals surface area (Å²) in [5.41, 5.74) is 4.44. The zero-order valence-corrected chi connectivity index (χ0v) is 15.4. The maximum atomic E-state index is 12.6. The van der Waals surface area contributed by atoms with E-state index in [2.05, 4.69) is 10.4 Å². The second kappa shape index (κ2) is 7.15. The number of benzene rings is 2. The van der Waals surface area contributed by atoms with E-state index in [-0.39, 0.29) is 12.3 Å². The molecule has 0 unspecified atom stereocenters. The number of hydrogen-bond acceptors (Lipinski definition) is 4. The third kappa shape index (κ3) is 3.51. The Kier molecular flexibility index (Phi) is 4.54. The molecule has 0 fully saturated rings. The number of rotatable bonds is 4. The second-order valence-corrected chi connectivity index (χ2v) is 6.48. The molecule has 1 amide bonds. The fraction of sp³-hybridized carbons (Fsp3) is 0.238. The van der Waals surface area contributed by atoms with Crippen molar-refractivity contribution in [1.29, 1.82) is 0 Å². The van der Waals surface area contributed by atoms with Crippen LogP contribution in [0.15, 0.2) is 48.5 Å². The van der Waals surface area contributed by atoms with E-state index in [1.54, 1.807) is 6.07 Å². The minimum atomic E-state index is -0.0921. The fourth-order valence-electron chi connectivity index (χ4n) is 3.24. The monoisotopic (exact) mass is 363 g/mol. The van der Waals surface area contributed by atoms with E-state index in [4.69, 9.17) is 9.47 Å². The molecular formula is C21H21N3O3. The van der Waals surface area contributed by atoms with Gasteiger partial charge in [-0.05, 0) is 38.1 Å². The van der Waals surface area contributed by atoms with Crippen molar-refractivity contribution >= 4 is 11.6 Å². The molecule has 0 saturated carbocycles. The van der Waals surface area contributed by atoms with Crippen molar-refractivity contribution in [2.45, 2.75) is 20.3 Å². The largest absolute Gasteiger partial charge is 0.486 e. The Hall–Kier alpha value is -3.28. The molecule has 1 N–H and O–H groups in total. The first kappa shape index (κ1) is 17.1. The summed E-state index contributed by atoms with van der Waals surface area (Å²) in [6.07, 6.45) is 0.263. The summed E-state index contributed by atoms with van der Waals surface area (Å²) in [6.45, 7) is 4.98. The quantitative estimate of drug-likeness (QED) is 0.771. The summed E-state index contributed by atoms with van der Waals surface area (Å²) in [7, 11) is 0. The highest BCUT2D eigenvalue weighted by molar-refractivity contribution is 5.92. The third-order valence-electron chi connectivity index (χ3n) is 4.61. The van der Waals surface area contributed by atoms with Gasteiger partial charge in [0, 0.05) is 23.0 Å². The average molecular weight is 363 g/mol. The number of amides is 1. The molecule has 1 aromatic heterocycles. The number of hydrogen-bond donors (Lipinski definition) is 1. The maximum absolute atomic E-state index is 12.6. The number of nitrogens with one attached hydrogen (secondary N) is 1. The van der Waals surface area contributed by atoms with Crippen LogP contribution in [-0.2, 0) is 11.2 Å². The van der Waals surface area contributed by atoms with Gasteiger partial charge in [-0.15, -0.1) is 0 Å². The molecule has 4 rings (SSSR count). The minimum Gasteiger partial charge on any atom is -0.486 e. The number of para-hydroxylation sites is 1. The lowest BCUT2D eigenvalue weighted by molar-refractivity contribution is -0.115. The van der Waals surface area contributed by atoms with E-state index in [1.807, 2.05) is 61.0 Å². The van der Waals surface area contributed by atoms with Gasteiger partial charge in [-0.1, -0.05) is 18.2 Å². The van der Waals surface area contributed by atoms with Crippen LogP contribution in [0, 0.1) is 13.8 Å². The number of fused-ring (bicyclic) bond motifs is 1. The normalized spacial score (nSPS) is 12.7. The smallest absolute Gasteiger partial charge is 0.228 e. The molecule has 1 aliphatic rings. The molecule has 2 heterocycles. The Balaban J connectivity index is 1.51. The molecule has 27 heavy (non-hydrogen) atoms. The van der Waals surface area contributed by atoms with E-state index in [0.717, 1.165) is 22.6 Å². The van der Waals surface area contributed by atoms with Crippen molar-refractivity contribution in [1.82, 2.24) is 9.78 Å². The van der Waals surface area contributed by atoms with Crippen LogP contribution >= 0.6 is 0 Å². The number of carbonyl (C=O) groups is 1. The molecule has 138 valence electrons. The summed E-state index contributed by atoms with van der Waals surface area (Å²) < 4.78 is 12.9. The van der Waals surface area contributed by atoms with Gasteiger partial charge in [0.15, 0.2) is 11.5 Å². The second-order valence-electron chi connectivity index (χ2n) is 6.48. The molecule has 3 aromatic rings. The lowest BCUT2D eigenvalue weighted by atomic mass is 10.1. The number of aromatic nitrogens is 2. The van der Waals surface area contributed by atoms with E-state index < -0.39 is 0 Å². The molecule has 6 nitrogen and oxygen atoms in total. The van der Waals surface area contributed by atoms with Gasteiger partial charge < -0.3 is 14.8 Å². The highest BCUT2D eigenvalue weighted by Gasteiger charge is 2.17. The lowest BCUT2D eigenvalue weighted by Crippen LogP contribution is -2.17. The van der Waals surface area contributed by atoms with Crippen molar-refractivity contribution in [2.75, 3.05) is 18.5 Å². The zero-order valence-electron chi connectivity index (χ0n) is 15.4. The molecule has 0 radical (unpaired) electrons. The van der Waals surface area contributed by atoms with Crippen LogP contribution in [0.3, 0.4) is 0 Å². The Labute approximate surface area is 157 Å². The number of anilines is 1. The van der Waals surface area contributed by atoms with Gasteiger partial charge >= 0.3 is 0 Å². The molecule has 0 saturated heterocycles. The van der Waals surface area contributed by atoms with Crippen molar-refractivity contribution < 1.29 is 14.3 Å². The van der Waals surface area contributed by atoms with E-state index in [1.165, 1.54) is 0 Å². The standard InChI is InChI=1S/C21H21N3O3/c1-14-18(15(2)24(23-14)17-6-4-3-5-7-17)13-21(25)22-16-8-9-19-20(12-16)27-11-10-26-19/h3-9,12H,10-11,13H2,1-2H3,(H,22,25). The van der Waals surface area contributed by atoms with Gasteiger partial charge in [0.2, 0.25) is 5.91 Å². The molecule has 6 heteroatoms. The number of aryl methyl sites for hydroxylation is 1. The zero-order chi connectivity index (χ0) is 18.8. The predicted octanol–water partition coefficient (Wildman–Crippen LogP) is 3.44. The van der Waals surface area contributed by atoms with Gasteiger partial charge in [0.25, 0.3) is 0 Å². The topological polar surface area (TPSA) is 65.4 Å². The van der Waals surface area contributed by atoms with Crippen LogP contribution in [0.4, 0.5) is 5.69 Å². The summed E-state index contributed by atoms with van der Waals surface area (Å²) in [6, 6.07) is 15.3. The number of carbonyl (C=O) groups excluding carboxylic acids is 1. The molecule has 2 aromatic carbocycles. The SMILES string of the molecule is Cc1nn(-c2ccccc2)c(C)c1CC(=O)Nc1ccc2c(c1)OCCO2. The molecule has 0 atom stereocenters. The van der Waals surface area contributed by atoms with E-state index in [9.17, 15) is 4.79 Å². The maximum Gasteiger partial charge on any atom is 0.228 e. The summed E-state index contributed by atoms with van der Waals surface area (Å²) in [4.78, 5) is 12.6. The van der Waals surface area contributed by atoms with Crippen molar-refractivity contribution in [2.24, 2.45) is 0 Å². The Bertz CT molecular complexity index is 980. The molecule has 0 bridgehead atoms. The van der Waals surface area contributed by atoms with Gasteiger partial charge in [-0.25, -0.2) is 4.68 Å². The lowest BCUT2D eigenvalue weighted by Gasteiger charge is -2.19. The molecule has 0 aliphatic carbocycles. The van der Waals surface area contributed by atoms with E-state index in [0.29, 0.717) is 30.4 Å². The van der Waals surface area contributed by atoms with Crippen LogP contribution in [0.5, 0.6) is 11.5 Å². The summed E-state index contributed by atoms with van der Waals surface area (Å²) >= 11 is 0. The Morgan fingerprint density at radius 3 is 2.59 bits per heavy atom. The number of nitrogens with zero attached hydrogens (tertiary/aromatic N) is 2. The minimum absolute atomic E-state index is 0.0921. The molecular weight excluding hydrogens is 342 g/mol. The first-order chi connectivity index (χ1) is 13.1. The first-order valence-corrected chi connectivity index (χ1v) is 8.92. The predicted molar refractivity (Wildman–Crippen MR) is 103 cm³/mol. The van der Waals surface area contributed by atoms with E-state index >= 15 is 0 Å². The van der Waals surface area contributed by atoms with Crippen LogP contribution in [-0.4, -0.2) is 28.9 Å². The van der Waals surface area contributed by atoms with Crippen LogP contribution in [0.25, 0.3) is 5.69 Å². The van der Waals surface area contributed by atoms with Crippen LogP contribution < -0.4 is 14.8 Å². The average Bonchev–Trinajstić information content (AvgIpc) is 2.97. The highest BCUT2D eigenvalue weighted by Crippen LogP contribution is 2.32. The fourth-order valence-corrected chi connectivity index (χ4v) is 3.24. The Morgan fingerprint density at radius 2 is 1.81 bits per heavy atom. The summed E-state index contributed by atoms with van der Waals surface area (Å²) in [5, 5.41) is 7.53. The van der Waals surface area contributed by atoms with Gasteiger partial charge in [0.1, 0.15) is 13.2 Å². The van der Waals surface area contributed by atoms with Gasteiger partial charge in [0.05, 0.1) is 17.8 Å². The molecule has 0 spiro atoms. The van der Waals surface area contributed by atoms with Crippen molar-refractivity contribution in [3.05, 3.63) is 65.5 Å². The highest BCUT2D eigenvalue weighted by atomic mass is 16.6. The van der Waals surface area contributed by atoms with Crippen molar-refractivity contribution in [3.63, 3.8) is 0 Å². The Morgan fingerprint density at radius 1 is 1.07 bits per heavy atom. The van der Waals surface area contributed by atoms with Crippen molar-refractivity contribution in [3.8, 4) is 17.2 Å². The van der Waals surface area contributed by atoms with Gasteiger partial charge in [-0.3, -0.25) is 4.79 Å². The summed E-state index contributed by atoms with van der Waals surface area (Å²) in [5.74, 6) is 1.27. The van der Waals surface area contributed by atoms with Crippen LogP contribution in [0.1, 0.15) is 17.0 Å². The number of ether oxygens (including phenoxy) is 2.